The van der Waals surface area contributed by atoms with E-state index in [-0.39, 0.29) is 33.4 Å². The summed E-state index contributed by atoms with van der Waals surface area (Å²) in [5.74, 6) is -0.969. The van der Waals surface area contributed by atoms with Gasteiger partial charge in [0.05, 0.1) is 27.9 Å². The van der Waals surface area contributed by atoms with E-state index in [4.69, 9.17) is 33.9 Å². The van der Waals surface area contributed by atoms with Gasteiger partial charge in [0.1, 0.15) is 16.7 Å². The Morgan fingerprint density at radius 2 is 2.03 bits per heavy atom. The normalized spacial score (nSPS) is 10.7. The van der Waals surface area contributed by atoms with Crippen molar-refractivity contribution in [3.63, 3.8) is 0 Å². The zero-order valence-corrected chi connectivity index (χ0v) is 16.9. The number of anilines is 2. The van der Waals surface area contributed by atoms with Crippen molar-refractivity contribution in [2.75, 3.05) is 17.7 Å². The van der Waals surface area contributed by atoms with Gasteiger partial charge in [-0.05, 0) is 36.8 Å². The molecule has 0 unspecified atom stereocenters. The maximum atomic E-state index is 12.9. The van der Waals surface area contributed by atoms with Crippen molar-refractivity contribution in [1.82, 2.24) is 10.3 Å². The predicted molar refractivity (Wildman–Crippen MR) is 112 cm³/mol. The number of carbonyl (C=O) groups excluding carboxylic acids is 2. The van der Waals surface area contributed by atoms with Crippen molar-refractivity contribution >= 4 is 51.7 Å². The van der Waals surface area contributed by atoms with Crippen LogP contribution in [0.25, 0.3) is 0 Å². The number of aromatic nitrogens is 1. The molecule has 148 valence electrons. The molecule has 0 bridgehead atoms. The van der Waals surface area contributed by atoms with Crippen molar-refractivity contribution in [1.29, 1.82) is 10.7 Å². The quantitative estimate of drug-likeness (QED) is 0.411. The lowest BCUT2D eigenvalue weighted by molar-refractivity contribution is -0.112. The summed E-state index contributed by atoms with van der Waals surface area (Å²) in [4.78, 5) is 29.1. The number of halogens is 2. The Balaban J connectivity index is 2.44. The van der Waals surface area contributed by atoms with Gasteiger partial charge in [0.15, 0.2) is 0 Å². The number of nitrogens with one attached hydrogen (secondary N) is 4. The first kappa shape index (κ1) is 21.9. The third-order valence-electron chi connectivity index (χ3n) is 3.70. The molecule has 0 aliphatic carbocycles. The fourth-order valence-corrected chi connectivity index (χ4v) is 2.68. The fourth-order valence-electron chi connectivity index (χ4n) is 2.40. The average molecular weight is 431 g/mol. The molecule has 2 rings (SSSR count). The molecule has 1 aromatic heterocycles. The summed E-state index contributed by atoms with van der Waals surface area (Å²) in [5, 5.41) is 24.3. The van der Waals surface area contributed by atoms with Crippen LogP contribution in [0.15, 0.2) is 42.2 Å². The first-order valence-corrected chi connectivity index (χ1v) is 8.93. The van der Waals surface area contributed by atoms with Crippen LogP contribution in [0.1, 0.15) is 21.5 Å². The summed E-state index contributed by atoms with van der Waals surface area (Å²) in [5.41, 5.74) is 1.00. The van der Waals surface area contributed by atoms with Crippen LogP contribution in [0, 0.1) is 23.7 Å². The van der Waals surface area contributed by atoms with Crippen LogP contribution in [0.3, 0.4) is 0 Å². The van der Waals surface area contributed by atoms with Crippen molar-refractivity contribution < 1.29 is 9.59 Å². The lowest BCUT2D eigenvalue weighted by Gasteiger charge is -2.16. The number of amides is 2. The van der Waals surface area contributed by atoms with E-state index in [0.717, 1.165) is 6.08 Å². The SMILES string of the molecule is CNC(=O)c1cc(C#N)cc(C)c1NC(=O)/C(=C/C(=N)Cl)Nc1ncccc1Cl. The van der Waals surface area contributed by atoms with Gasteiger partial charge in [-0.1, -0.05) is 23.2 Å². The molecule has 0 saturated heterocycles. The molecule has 0 fully saturated rings. The molecule has 1 aromatic carbocycles. The summed E-state index contributed by atoms with van der Waals surface area (Å²) in [6, 6.07) is 8.08. The number of hydrogen-bond acceptors (Lipinski definition) is 6. The molecular formula is C19H16Cl2N6O2. The summed E-state index contributed by atoms with van der Waals surface area (Å²) >= 11 is 11.7. The highest BCUT2D eigenvalue weighted by Crippen LogP contribution is 2.25. The van der Waals surface area contributed by atoms with Crippen molar-refractivity contribution in [3.8, 4) is 6.07 Å². The Kier molecular flexibility index (Phi) is 7.31. The van der Waals surface area contributed by atoms with Gasteiger partial charge in [-0.2, -0.15) is 5.26 Å². The maximum absolute atomic E-state index is 12.9. The third-order valence-corrected chi connectivity index (χ3v) is 4.12. The summed E-state index contributed by atoms with van der Waals surface area (Å²) in [6.45, 7) is 1.65. The number of aryl methyl sites for hydroxylation is 1. The predicted octanol–water partition coefficient (Wildman–Crippen LogP) is 3.43. The van der Waals surface area contributed by atoms with Crippen molar-refractivity contribution in [2.24, 2.45) is 0 Å². The van der Waals surface area contributed by atoms with Gasteiger partial charge < -0.3 is 16.0 Å². The number of pyridine rings is 1. The number of hydrogen-bond donors (Lipinski definition) is 4. The number of carbonyl (C=O) groups is 2. The first-order valence-electron chi connectivity index (χ1n) is 8.18. The zero-order valence-electron chi connectivity index (χ0n) is 15.4. The number of benzene rings is 1. The Morgan fingerprint density at radius 3 is 2.62 bits per heavy atom. The molecule has 0 saturated carbocycles. The van der Waals surface area contributed by atoms with Gasteiger partial charge in [-0.15, -0.1) is 0 Å². The van der Waals surface area contributed by atoms with E-state index in [9.17, 15) is 9.59 Å². The molecule has 10 heteroatoms. The van der Waals surface area contributed by atoms with E-state index in [1.807, 2.05) is 6.07 Å². The summed E-state index contributed by atoms with van der Waals surface area (Å²) in [6.07, 6.45) is 2.56. The van der Waals surface area contributed by atoms with Crippen LogP contribution in [0.2, 0.25) is 5.02 Å². The van der Waals surface area contributed by atoms with Gasteiger partial charge in [-0.3, -0.25) is 15.0 Å². The molecule has 2 aromatic rings. The molecule has 1 heterocycles. The smallest absolute Gasteiger partial charge is 0.272 e. The Hall–Kier alpha value is -3.41. The molecule has 0 atom stereocenters. The highest BCUT2D eigenvalue weighted by molar-refractivity contribution is 6.67. The lowest BCUT2D eigenvalue weighted by atomic mass is 10.0. The van der Waals surface area contributed by atoms with Crippen molar-refractivity contribution in [3.05, 3.63) is 63.9 Å². The van der Waals surface area contributed by atoms with Gasteiger partial charge in [0.2, 0.25) is 0 Å². The molecule has 29 heavy (non-hydrogen) atoms. The molecule has 4 N–H and O–H groups in total. The fraction of sp³-hybridized carbons (Fsp3) is 0.105. The second-order valence-electron chi connectivity index (χ2n) is 5.73. The van der Waals surface area contributed by atoms with E-state index in [1.54, 1.807) is 19.1 Å². The van der Waals surface area contributed by atoms with Gasteiger partial charge in [0.25, 0.3) is 11.8 Å². The van der Waals surface area contributed by atoms with Crippen LogP contribution in [-0.2, 0) is 4.79 Å². The average Bonchev–Trinajstić information content (AvgIpc) is 2.69. The van der Waals surface area contributed by atoms with Crippen LogP contribution < -0.4 is 16.0 Å². The minimum absolute atomic E-state index is 0.114. The van der Waals surface area contributed by atoms with Crippen molar-refractivity contribution in [2.45, 2.75) is 6.92 Å². The largest absolute Gasteiger partial charge is 0.355 e. The van der Waals surface area contributed by atoms with E-state index < -0.39 is 17.0 Å². The summed E-state index contributed by atoms with van der Waals surface area (Å²) in [7, 11) is 1.44. The standard InChI is InChI=1S/C19H16Cl2N6O2/c1-10-6-11(9-22)7-12(18(28)24-2)16(10)27-19(29)14(8-15(21)23)26-17-13(20)4-3-5-25-17/h3-8,23H,1-2H3,(H,24,28)(H,25,26)(H,27,29)/b14-8-,23-15?. The number of nitriles is 1. The minimum atomic E-state index is -0.685. The van der Waals surface area contributed by atoms with Gasteiger partial charge in [-0.25, -0.2) is 4.98 Å². The van der Waals surface area contributed by atoms with Crippen LogP contribution >= 0.6 is 23.2 Å². The zero-order chi connectivity index (χ0) is 21.6. The number of rotatable bonds is 6. The Morgan fingerprint density at radius 1 is 1.31 bits per heavy atom. The van der Waals surface area contributed by atoms with Crippen LogP contribution in [0.4, 0.5) is 11.5 Å². The van der Waals surface area contributed by atoms with Gasteiger partial charge in [0, 0.05) is 19.3 Å². The second kappa shape index (κ2) is 9.68. The topological polar surface area (TPSA) is 131 Å². The third kappa shape index (κ3) is 5.54. The highest BCUT2D eigenvalue weighted by Gasteiger charge is 2.19. The molecule has 0 spiro atoms. The highest BCUT2D eigenvalue weighted by atomic mass is 35.5. The van der Waals surface area contributed by atoms with E-state index in [2.05, 4.69) is 20.9 Å². The monoisotopic (exact) mass is 430 g/mol. The maximum Gasteiger partial charge on any atom is 0.272 e. The molecule has 2 amide bonds. The molecule has 0 radical (unpaired) electrons. The minimum Gasteiger partial charge on any atom is -0.355 e. The molecular weight excluding hydrogens is 415 g/mol. The van der Waals surface area contributed by atoms with E-state index in [1.165, 1.54) is 25.4 Å². The molecule has 8 nitrogen and oxygen atoms in total. The Labute approximate surface area is 177 Å². The Bertz CT molecular complexity index is 1060. The van der Waals surface area contributed by atoms with E-state index in [0.29, 0.717) is 5.56 Å². The summed E-state index contributed by atoms with van der Waals surface area (Å²) < 4.78 is 0. The molecule has 0 aliphatic rings. The number of allylic oxidation sites excluding steroid dienone is 1. The first-order chi connectivity index (χ1) is 13.8. The van der Waals surface area contributed by atoms with Gasteiger partial charge >= 0.3 is 0 Å². The second-order valence-corrected chi connectivity index (χ2v) is 6.54. The van der Waals surface area contributed by atoms with E-state index >= 15 is 0 Å². The number of nitrogens with zero attached hydrogens (tertiary/aromatic N) is 2. The lowest BCUT2D eigenvalue weighted by Crippen LogP contribution is -2.25. The van der Waals surface area contributed by atoms with Crippen LogP contribution in [-0.4, -0.2) is 29.0 Å². The van der Waals surface area contributed by atoms with Crippen LogP contribution in [0.5, 0.6) is 0 Å². The molecule has 0 aliphatic heterocycles.